The molecule has 1 aliphatic rings. The normalized spacial score (nSPS) is 21.5. The van der Waals surface area contributed by atoms with Crippen molar-refractivity contribution >= 4 is 0 Å². The van der Waals surface area contributed by atoms with Crippen molar-refractivity contribution in [2.75, 3.05) is 53.4 Å². The second-order valence-corrected chi connectivity index (χ2v) is 4.01. The van der Waals surface area contributed by atoms with E-state index in [-0.39, 0.29) is 6.10 Å². The third-order valence-corrected chi connectivity index (χ3v) is 2.87. The zero-order valence-electron chi connectivity index (χ0n) is 8.71. The number of likely N-dealkylation sites (N-methyl/N-ethyl adjacent to an activating group) is 2. The number of quaternary nitrogens is 1. The third-order valence-electron chi connectivity index (χ3n) is 2.87. The van der Waals surface area contributed by atoms with Gasteiger partial charge in [0.15, 0.2) is 6.10 Å². The Labute approximate surface area is 80.5 Å². The lowest BCUT2D eigenvalue weighted by atomic mass is 10.1. The van der Waals surface area contributed by atoms with Crippen molar-refractivity contribution in [3.63, 3.8) is 0 Å². The lowest BCUT2D eigenvalue weighted by Gasteiger charge is -2.48. The molecule has 13 heavy (non-hydrogen) atoms. The molecule has 4 nitrogen and oxygen atoms in total. The summed E-state index contributed by atoms with van der Waals surface area (Å²) < 4.78 is 1.07. The van der Waals surface area contributed by atoms with E-state index in [4.69, 9.17) is 0 Å². The molecular formula is C9H22N3O+. The van der Waals surface area contributed by atoms with E-state index < -0.39 is 0 Å². The maximum Gasteiger partial charge on any atom is 0.152 e. The fourth-order valence-electron chi connectivity index (χ4n) is 2.02. The number of nitrogens with zero attached hydrogens (tertiary/aromatic N) is 1. The summed E-state index contributed by atoms with van der Waals surface area (Å²) in [5.74, 6) is 0. The number of hydrogen-bond acceptors (Lipinski definition) is 3. The minimum absolute atomic E-state index is 0.0614. The quantitative estimate of drug-likeness (QED) is 0.450. The predicted molar refractivity (Wildman–Crippen MR) is 53.6 cm³/mol. The first kappa shape index (κ1) is 10.9. The summed E-state index contributed by atoms with van der Waals surface area (Å²) in [6.07, 6.45) is -0.0614. The molecule has 1 fully saturated rings. The minimum Gasteiger partial charge on any atom is -0.382 e. The number of likely N-dealkylation sites (tertiary alicyclic amines) is 1. The van der Waals surface area contributed by atoms with E-state index in [1.165, 1.54) is 0 Å². The number of nitrogens with one attached hydrogen (secondary N) is 2. The van der Waals surface area contributed by atoms with E-state index in [2.05, 4.69) is 10.6 Å². The van der Waals surface area contributed by atoms with Gasteiger partial charge in [0.25, 0.3) is 0 Å². The molecule has 1 heterocycles. The Morgan fingerprint density at radius 3 is 1.92 bits per heavy atom. The van der Waals surface area contributed by atoms with Crippen LogP contribution >= 0.6 is 0 Å². The van der Waals surface area contributed by atoms with Crippen LogP contribution in [0.2, 0.25) is 0 Å². The summed E-state index contributed by atoms with van der Waals surface area (Å²) in [4.78, 5) is 0. The van der Waals surface area contributed by atoms with Crippen molar-refractivity contribution < 1.29 is 9.59 Å². The largest absolute Gasteiger partial charge is 0.382 e. The fraction of sp³-hybridized carbons (Fsp3) is 1.00. The molecule has 0 saturated carbocycles. The van der Waals surface area contributed by atoms with Crippen LogP contribution in [-0.2, 0) is 0 Å². The van der Waals surface area contributed by atoms with Crippen molar-refractivity contribution in [2.24, 2.45) is 0 Å². The highest BCUT2D eigenvalue weighted by Gasteiger charge is 2.41. The summed E-state index contributed by atoms with van der Waals surface area (Å²) in [5, 5.41) is 15.7. The number of aliphatic hydroxyl groups is 1. The van der Waals surface area contributed by atoms with Crippen LogP contribution in [0.15, 0.2) is 0 Å². The van der Waals surface area contributed by atoms with Crippen molar-refractivity contribution in [1.82, 2.24) is 10.6 Å². The highest BCUT2D eigenvalue weighted by atomic mass is 16.3. The molecule has 3 N–H and O–H groups in total. The Morgan fingerprint density at radius 1 is 1.15 bits per heavy atom. The molecule has 0 unspecified atom stereocenters. The van der Waals surface area contributed by atoms with Gasteiger partial charge in [-0.3, -0.25) is 0 Å². The molecule has 0 amide bonds. The molecule has 0 aromatic rings. The van der Waals surface area contributed by atoms with Crippen LogP contribution in [0.25, 0.3) is 0 Å². The van der Waals surface area contributed by atoms with E-state index in [1.807, 2.05) is 14.1 Å². The van der Waals surface area contributed by atoms with E-state index in [0.717, 1.165) is 43.8 Å². The number of aliphatic hydroxyl groups excluding tert-OH is 1. The Hall–Kier alpha value is -0.160. The topological polar surface area (TPSA) is 44.3 Å². The van der Waals surface area contributed by atoms with Gasteiger partial charge in [0.05, 0.1) is 13.1 Å². The molecule has 78 valence electrons. The van der Waals surface area contributed by atoms with Crippen LogP contribution in [-0.4, -0.2) is 69.1 Å². The molecular weight excluding hydrogens is 166 g/mol. The molecule has 0 aliphatic carbocycles. The van der Waals surface area contributed by atoms with Gasteiger partial charge in [-0.05, 0) is 14.1 Å². The third kappa shape index (κ3) is 2.91. The second kappa shape index (κ2) is 4.91. The van der Waals surface area contributed by atoms with Crippen LogP contribution in [0.1, 0.15) is 0 Å². The molecule has 0 radical (unpaired) electrons. The maximum absolute atomic E-state index is 9.33. The Bertz CT molecular complexity index is 136. The van der Waals surface area contributed by atoms with Gasteiger partial charge in [-0.15, -0.1) is 0 Å². The van der Waals surface area contributed by atoms with Gasteiger partial charge >= 0.3 is 0 Å². The van der Waals surface area contributed by atoms with Gasteiger partial charge in [-0.25, -0.2) is 0 Å². The fourth-order valence-corrected chi connectivity index (χ4v) is 2.02. The zero-order chi connectivity index (χ0) is 9.73. The maximum atomic E-state index is 9.33. The monoisotopic (exact) mass is 188 g/mol. The standard InChI is InChI=1S/C9H22N3O/c1-10-3-5-12(6-4-11-2)7-9(13)8-12/h9-11,13H,3-8H2,1-2H3/q+1. The number of rotatable bonds is 6. The average Bonchev–Trinajstić information content (AvgIpc) is 2.08. The Balaban J connectivity index is 2.27. The average molecular weight is 188 g/mol. The summed E-state index contributed by atoms with van der Waals surface area (Å²) in [5.41, 5.74) is 0. The molecule has 0 atom stereocenters. The highest BCUT2D eigenvalue weighted by molar-refractivity contribution is 4.68. The van der Waals surface area contributed by atoms with Crippen molar-refractivity contribution in [2.45, 2.75) is 6.10 Å². The molecule has 0 spiro atoms. The summed E-state index contributed by atoms with van der Waals surface area (Å²) >= 11 is 0. The highest BCUT2D eigenvalue weighted by Crippen LogP contribution is 2.19. The first-order chi connectivity index (χ1) is 6.22. The molecule has 0 bridgehead atoms. The Kier molecular flexibility index (Phi) is 4.12. The van der Waals surface area contributed by atoms with Gasteiger partial charge in [0.1, 0.15) is 13.1 Å². The number of hydrogen-bond donors (Lipinski definition) is 3. The van der Waals surface area contributed by atoms with E-state index in [1.54, 1.807) is 0 Å². The van der Waals surface area contributed by atoms with Crippen LogP contribution in [0.5, 0.6) is 0 Å². The molecule has 0 aromatic carbocycles. The lowest BCUT2D eigenvalue weighted by Crippen LogP contribution is -2.69. The Morgan fingerprint density at radius 2 is 1.62 bits per heavy atom. The van der Waals surface area contributed by atoms with Crippen molar-refractivity contribution in [3.05, 3.63) is 0 Å². The van der Waals surface area contributed by atoms with Crippen LogP contribution in [0.3, 0.4) is 0 Å². The first-order valence-electron chi connectivity index (χ1n) is 5.05. The van der Waals surface area contributed by atoms with Crippen LogP contribution in [0, 0.1) is 0 Å². The molecule has 1 saturated heterocycles. The predicted octanol–water partition coefficient (Wildman–Crippen LogP) is -1.38. The van der Waals surface area contributed by atoms with Gasteiger partial charge in [-0.2, -0.15) is 0 Å². The summed E-state index contributed by atoms with van der Waals surface area (Å²) in [6, 6.07) is 0. The van der Waals surface area contributed by atoms with E-state index in [0.29, 0.717) is 0 Å². The molecule has 1 rings (SSSR count). The molecule has 0 aromatic heterocycles. The molecule has 4 heteroatoms. The van der Waals surface area contributed by atoms with Crippen molar-refractivity contribution in [3.8, 4) is 0 Å². The van der Waals surface area contributed by atoms with Gasteiger partial charge < -0.3 is 20.2 Å². The molecule has 1 aliphatic heterocycles. The van der Waals surface area contributed by atoms with Crippen molar-refractivity contribution in [1.29, 1.82) is 0 Å². The smallest absolute Gasteiger partial charge is 0.152 e. The van der Waals surface area contributed by atoms with Gasteiger partial charge in [0.2, 0.25) is 0 Å². The second-order valence-electron chi connectivity index (χ2n) is 4.01. The van der Waals surface area contributed by atoms with Gasteiger partial charge in [-0.1, -0.05) is 0 Å². The van der Waals surface area contributed by atoms with Gasteiger partial charge in [0, 0.05) is 13.1 Å². The van der Waals surface area contributed by atoms with Crippen LogP contribution < -0.4 is 10.6 Å². The summed E-state index contributed by atoms with van der Waals surface area (Å²) in [6.45, 7) is 6.21. The van der Waals surface area contributed by atoms with E-state index >= 15 is 0 Å². The minimum atomic E-state index is -0.0614. The zero-order valence-corrected chi connectivity index (χ0v) is 8.71. The van der Waals surface area contributed by atoms with E-state index in [9.17, 15) is 5.11 Å². The lowest BCUT2D eigenvalue weighted by molar-refractivity contribution is -0.970. The summed E-state index contributed by atoms with van der Waals surface area (Å²) in [7, 11) is 3.95. The first-order valence-corrected chi connectivity index (χ1v) is 5.05. The van der Waals surface area contributed by atoms with Crippen LogP contribution in [0.4, 0.5) is 0 Å². The SMILES string of the molecule is CNCC[N+]1(CCNC)CC(O)C1.